The molecule has 5 heteroatoms. The van der Waals surface area contributed by atoms with E-state index in [-0.39, 0.29) is 5.97 Å². The highest BCUT2D eigenvalue weighted by Crippen LogP contribution is 2.28. The van der Waals surface area contributed by atoms with Crippen LogP contribution in [0.2, 0.25) is 5.02 Å². The molecule has 1 aromatic rings. The van der Waals surface area contributed by atoms with Crippen LogP contribution in [0.3, 0.4) is 0 Å². The van der Waals surface area contributed by atoms with Gasteiger partial charge in [0.2, 0.25) is 0 Å². The highest BCUT2D eigenvalue weighted by molar-refractivity contribution is 7.99. The molecule has 0 atom stereocenters. The van der Waals surface area contributed by atoms with E-state index < -0.39 is 0 Å². The Balaban J connectivity index is 2.37. The summed E-state index contributed by atoms with van der Waals surface area (Å²) in [6.45, 7) is 2.13. The number of carbonyl (C=O) groups is 1. The average molecular weight is 272 g/mol. The van der Waals surface area contributed by atoms with Crippen LogP contribution in [0.25, 0.3) is 0 Å². The van der Waals surface area contributed by atoms with Crippen LogP contribution in [0.15, 0.2) is 6.20 Å². The van der Waals surface area contributed by atoms with E-state index in [1.165, 1.54) is 6.20 Å². The SMILES string of the molecule is CCOC(=O)c1cnc2c(c1Cl)CCSCC2. The molecule has 0 saturated heterocycles. The van der Waals surface area contributed by atoms with E-state index in [0.29, 0.717) is 17.2 Å². The predicted molar refractivity (Wildman–Crippen MR) is 69.9 cm³/mol. The largest absolute Gasteiger partial charge is 0.462 e. The lowest BCUT2D eigenvalue weighted by Gasteiger charge is -2.10. The normalized spacial score (nSPS) is 14.9. The molecule has 0 saturated carbocycles. The number of ether oxygens (including phenoxy) is 1. The molecule has 2 rings (SSSR count). The smallest absolute Gasteiger partial charge is 0.341 e. The molecule has 0 amide bonds. The van der Waals surface area contributed by atoms with Crippen molar-refractivity contribution in [3.63, 3.8) is 0 Å². The number of aromatic nitrogens is 1. The molecule has 2 heterocycles. The predicted octanol–water partition coefficient (Wildman–Crippen LogP) is 2.74. The van der Waals surface area contributed by atoms with Gasteiger partial charge in [0.1, 0.15) is 0 Å². The maximum absolute atomic E-state index is 11.7. The number of halogens is 1. The lowest BCUT2D eigenvalue weighted by Crippen LogP contribution is -2.09. The summed E-state index contributed by atoms with van der Waals surface area (Å²) in [7, 11) is 0. The minimum absolute atomic E-state index is 0.349. The number of nitrogens with zero attached hydrogens (tertiary/aromatic N) is 1. The summed E-state index contributed by atoms with van der Waals surface area (Å²) in [5.74, 6) is 1.71. The number of aryl methyl sites for hydroxylation is 1. The molecule has 0 fully saturated rings. The Morgan fingerprint density at radius 2 is 2.29 bits per heavy atom. The first-order valence-corrected chi connectivity index (χ1v) is 7.18. The van der Waals surface area contributed by atoms with E-state index in [4.69, 9.17) is 16.3 Å². The molecule has 0 N–H and O–H groups in total. The van der Waals surface area contributed by atoms with Gasteiger partial charge in [0, 0.05) is 11.9 Å². The summed E-state index contributed by atoms with van der Waals surface area (Å²) in [4.78, 5) is 16.0. The minimum atomic E-state index is -0.385. The zero-order chi connectivity index (χ0) is 12.3. The van der Waals surface area contributed by atoms with Gasteiger partial charge in [0.15, 0.2) is 0 Å². The van der Waals surface area contributed by atoms with Crippen molar-refractivity contribution in [2.45, 2.75) is 19.8 Å². The summed E-state index contributed by atoms with van der Waals surface area (Å²) >= 11 is 8.17. The molecule has 17 heavy (non-hydrogen) atoms. The van der Waals surface area contributed by atoms with Crippen molar-refractivity contribution in [3.05, 3.63) is 28.0 Å². The van der Waals surface area contributed by atoms with Crippen molar-refractivity contribution in [2.75, 3.05) is 18.1 Å². The third-order valence-electron chi connectivity index (χ3n) is 2.67. The molecule has 1 aliphatic heterocycles. The van der Waals surface area contributed by atoms with Crippen LogP contribution in [0, 0.1) is 0 Å². The van der Waals surface area contributed by atoms with Gasteiger partial charge in [-0.25, -0.2) is 4.79 Å². The summed E-state index contributed by atoms with van der Waals surface area (Å²) in [5.41, 5.74) is 2.43. The average Bonchev–Trinajstić information content (AvgIpc) is 2.55. The second-order valence-corrected chi connectivity index (χ2v) is 5.35. The van der Waals surface area contributed by atoms with E-state index in [9.17, 15) is 4.79 Å². The van der Waals surface area contributed by atoms with Crippen LogP contribution >= 0.6 is 23.4 Å². The van der Waals surface area contributed by atoms with E-state index in [1.807, 2.05) is 11.8 Å². The second-order valence-electron chi connectivity index (χ2n) is 3.74. The lowest BCUT2D eigenvalue weighted by molar-refractivity contribution is 0.0526. The molecule has 3 nitrogen and oxygen atoms in total. The van der Waals surface area contributed by atoms with E-state index in [1.54, 1.807) is 6.92 Å². The highest BCUT2D eigenvalue weighted by Gasteiger charge is 2.20. The third-order valence-corrected chi connectivity index (χ3v) is 4.09. The first kappa shape index (κ1) is 12.7. The first-order valence-electron chi connectivity index (χ1n) is 5.65. The molecule has 0 aliphatic carbocycles. The van der Waals surface area contributed by atoms with Gasteiger partial charge in [0.25, 0.3) is 0 Å². The molecule has 1 aliphatic rings. The van der Waals surface area contributed by atoms with Crippen molar-refractivity contribution in [1.82, 2.24) is 4.98 Å². The van der Waals surface area contributed by atoms with E-state index in [2.05, 4.69) is 4.98 Å². The van der Waals surface area contributed by atoms with Gasteiger partial charge in [-0.05, 0) is 36.8 Å². The first-order chi connectivity index (χ1) is 8.24. The number of hydrogen-bond acceptors (Lipinski definition) is 4. The van der Waals surface area contributed by atoms with Gasteiger partial charge >= 0.3 is 5.97 Å². The van der Waals surface area contributed by atoms with E-state index >= 15 is 0 Å². The van der Waals surface area contributed by atoms with Crippen LogP contribution in [-0.2, 0) is 17.6 Å². The van der Waals surface area contributed by atoms with Gasteiger partial charge in [-0.2, -0.15) is 11.8 Å². The standard InChI is InChI=1S/C12H14ClNO2S/c1-2-16-12(15)9-7-14-10-4-6-17-5-3-8(10)11(9)13/h7H,2-6H2,1H3. The maximum Gasteiger partial charge on any atom is 0.341 e. The summed E-state index contributed by atoms with van der Waals surface area (Å²) in [6, 6.07) is 0. The fourth-order valence-corrected chi connectivity index (χ4v) is 3.05. The zero-order valence-corrected chi connectivity index (χ0v) is 11.2. The molecule has 1 aromatic heterocycles. The molecular weight excluding hydrogens is 258 g/mol. The molecule has 0 bridgehead atoms. The van der Waals surface area contributed by atoms with Crippen molar-refractivity contribution in [3.8, 4) is 0 Å². The van der Waals surface area contributed by atoms with Crippen LogP contribution in [0.1, 0.15) is 28.5 Å². The maximum atomic E-state index is 11.7. The fraction of sp³-hybridized carbons (Fsp3) is 0.500. The Morgan fingerprint density at radius 3 is 3.06 bits per heavy atom. The number of carbonyl (C=O) groups excluding carboxylic acids is 1. The molecule has 0 radical (unpaired) electrons. The Kier molecular flexibility index (Phi) is 4.29. The van der Waals surface area contributed by atoms with Gasteiger partial charge in [-0.1, -0.05) is 11.6 Å². The lowest BCUT2D eigenvalue weighted by atomic mass is 10.1. The quantitative estimate of drug-likeness (QED) is 0.776. The van der Waals surface area contributed by atoms with Crippen molar-refractivity contribution < 1.29 is 9.53 Å². The van der Waals surface area contributed by atoms with Crippen molar-refractivity contribution in [2.24, 2.45) is 0 Å². The highest BCUT2D eigenvalue weighted by atomic mass is 35.5. The molecule has 92 valence electrons. The minimum Gasteiger partial charge on any atom is -0.462 e. The van der Waals surface area contributed by atoms with Crippen molar-refractivity contribution >= 4 is 29.3 Å². The summed E-state index contributed by atoms with van der Waals surface area (Å²) in [5, 5.41) is 0.524. The van der Waals surface area contributed by atoms with Crippen LogP contribution in [0.4, 0.5) is 0 Å². The summed E-state index contributed by atoms with van der Waals surface area (Å²) in [6.07, 6.45) is 3.33. The number of rotatable bonds is 2. The molecular formula is C12H14ClNO2S. The Bertz CT molecular complexity index is 437. The number of esters is 1. The Labute approximate surface area is 110 Å². The van der Waals surface area contributed by atoms with Crippen LogP contribution in [-0.4, -0.2) is 29.1 Å². The molecule has 0 aromatic carbocycles. The molecule has 0 spiro atoms. The second kappa shape index (κ2) is 5.74. The van der Waals surface area contributed by atoms with Crippen LogP contribution in [0.5, 0.6) is 0 Å². The third kappa shape index (κ3) is 2.75. The number of fused-ring (bicyclic) bond motifs is 1. The zero-order valence-electron chi connectivity index (χ0n) is 9.66. The Hall–Kier alpha value is -0.740. The topological polar surface area (TPSA) is 39.2 Å². The van der Waals surface area contributed by atoms with Gasteiger partial charge in [-0.15, -0.1) is 0 Å². The van der Waals surface area contributed by atoms with Gasteiger partial charge < -0.3 is 4.74 Å². The monoisotopic (exact) mass is 271 g/mol. The van der Waals surface area contributed by atoms with Gasteiger partial charge in [0.05, 0.1) is 17.2 Å². The number of hydrogen-bond donors (Lipinski definition) is 0. The van der Waals surface area contributed by atoms with Crippen molar-refractivity contribution in [1.29, 1.82) is 0 Å². The Morgan fingerprint density at radius 1 is 1.53 bits per heavy atom. The number of thioether (sulfide) groups is 1. The fourth-order valence-electron chi connectivity index (χ4n) is 1.83. The molecule has 0 unspecified atom stereocenters. The van der Waals surface area contributed by atoms with E-state index in [0.717, 1.165) is 35.6 Å². The summed E-state index contributed by atoms with van der Waals surface area (Å²) < 4.78 is 4.96. The van der Waals surface area contributed by atoms with Gasteiger partial charge in [-0.3, -0.25) is 4.98 Å². The van der Waals surface area contributed by atoms with Crippen LogP contribution < -0.4 is 0 Å². The number of pyridine rings is 1.